The predicted molar refractivity (Wildman–Crippen MR) is 142 cm³/mol. The van der Waals surface area contributed by atoms with E-state index in [1.165, 1.54) is 9.21 Å². The Bertz CT molecular complexity index is 1110. The van der Waals surface area contributed by atoms with Crippen LogP contribution in [-0.2, 0) is 26.2 Å². The van der Waals surface area contributed by atoms with Gasteiger partial charge in [0.2, 0.25) is 21.8 Å². The molecule has 0 aliphatic heterocycles. The number of nitrogens with zero attached hydrogens (tertiary/aromatic N) is 2. The Kier molecular flexibility index (Phi) is 10.6. The molecule has 0 bridgehead atoms. The van der Waals surface area contributed by atoms with Crippen molar-refractivity contribution in [2.24, 2.45) is 0 Å². The summed E-state index contributed by atoms with van der Waals surface area (Å²) in [6, 6.07) is 13.7. The van der Waals surface area contributed by atoms with Gasteiger partial charge < -0.3 is 10.2 Å². The summed E-state index contributed by atoms with van der Waals surface area (Å²) in [5.41, 5.74) is 2.32. The van der Waals surface area contributed by atoms with Crippen LogP contribution >= 0.6 is 11.6 Å². The molecule has 1 N–H and O–H groups in total. The Morgan fingerprint density at radius 3 is 2.26 bits per heavy atom. The zero-order chi connectivity index (χ0) is 26.2. The first-order chi connectivity index (χ1) is 16.4. The maximum absolute atomic E-state index is 13.3. The Morgan fingerprint density at radius 2 is 1.69 bits per heavy atom. The second-order valence-electron chi connectivity index (χ2n) is 8.88. The van der Waals surface area contributed by atoms with Crippen LogP contribution in [0.15, 0.2) is 48.5 Å². The van der Waals surface area contributed by atoms with E-state index in [1.807, 2.05) is 51.1 Å². The summed E-state index contributed by atoms with van der Waals surface area (Å²) in [5, 5.41) is 3.45. The number of hydrogen-bond donors (Lipinski definition) is 1. The van der Waals surface area contributed by atoms with Crippen molar-refractivity contribution in [3.05, 3.63) is 64.7 Å². The molecule has 2 atom stereocenters. The largest absolute Gasteiger partial charge is 0.352 e. The fraction of sp³-hybridized carbons (Fsp3) is 0.462. The second-order valence-corrected chi connectivity index (χ2v) is 11.2. The summed E-state index contributed by atoms with van der Waals surface area (Å²) in [4.78, 5) is 27.7. The third kappa shape index (κ3) is 8.54. The van der Waals surface area contributed by atoms with E-state index >= 15 is 0 Å². The standard InChI is InChI=1S/C26H36ClN3O4S/c1-6-20(3)28-26(32)21(4)29(18-22-10-7-8-11-24(22)27)25(31)12-9-17-30(35(5,33)34)23-15-13-19(2)14-16-23/h7-8,10-11,13-16,20-21H,6,9,12,17-18H2,1-5H3,(H,28,32)/t20-,21-/m0/s1. The predicted octanol–water partition coefficient (Wildman–Crippen LogP) is 4.53. The molecule has 0 heterocycles. The molecule has 0 aromatic heterocycles. The van der Waals surface area contributed by atoms with Gasteiger partial charge in [0.15, 0.2) is 0 Å². The van der Waals surface area contributed by atoms with E-state index in [1.54, 1.807) is 25.1 Å². The average Bonchev–Trinajstić information content (AvgIpc) is 2.80. The molecule has 0 aliphatic rings. The van der Waals surface area contributed by atoms with Crippen LogP contribution in [-0.4, -0.2) is 50.0 Å². The summed E-state index contributed by atoms with van der Waals surface area (Å²) < 4.78 is 26.1. The molecule has 0 spiro atoms. The van der Waals surface area contributed by atoms with E-state index in [0.29, 0.717) is 17.1 Å². The lowest BCUT2D eigenvalue weighted by atomic mass is 10.1. The minimum absolute atomic E-state index is 0.0138. The number of aryl methyl sites for hydroxylation is 1. The molecule has 7 nitrogen and oxygen atoms in total. The third-order valence-corrected chi connectivity index (χ3v) is 7.50. The summed E-state index contributed by atoms with van der Waals surface area (Å²) in [6.45, 7) is 7.85. The first-order valence-corrected chi connectivity index (χ1v) is 14.0. The number of sulfonamides is 1. The molecule has 2 aromatic carbocycles. The maximum Gasteiger partial charge on any atom is 0.242 e. The highest BCUT2D eigenvalue weighted by Crippen LogP contribution is 2.21. The topological polar surface area (TPSA) is 86.8 Å². The van der Waals surface area contributed by atoms with Gasteiger partial charge in [-0.15, -0.1) is 0 Å². The zero-order valence-corrected chi connectivity index (χ0v) is 22.7. The van der Waals surface area contributed by atoms with Crippen LogP contribution in [0.2, 0.25) is 5.02 Å². The fourth-order valence-electron chi connectivity index (χ4n) is 3.57. The molecule has 0 aliphatic carbocycles. The molecule has 2 rings (SSSR count). The number of rotatable bonds is 12. The molecule has 192 valence electrons. The van der Waals surface area contributed by atoms with Crippen LogP contribution in [0, 0.1) is 6.92 Å². The molecule has 0 radical (unpaired) electrons. The number of nitrogens with one attached hydrogen (secondary N) is 1. The van der Waals surface area contributed by atoms with Crippen molar-refractivity contribution in [1.29, 1.82) is 0 Å². The van der Waals surface area contributed by atoms with Crippen molar-refractivity contribution in [2.75, 3.05) is 17.1 Å². The van der Waals surface area contributed by atoms with Crippen LogP contribution in [0.1, 0.15) is 51.2 Å². The van der Waals surface area contributed by atoms with E-state index in [9.17, 15) is 18.0 Å². The zero-order valence-electron chi connectivity index (χ0n) is 21.1. The van der Waals surface area contributed by atoms with Gasteiger partial charge in [-0.05, 0) is 57.4 Å². The molecule has 2 aromatic rings. The molecular formula is C26H36ClN3O4S. The normalized spacial score (nSPS) is 13.1. The van der Waals surface area contributed by atoms with Gasteiger partial charge in [0.25, 0.3) is 0 Å². The third-order valence-electron chi connectivity index (χ3n) is 5.94. The lowest BCUT2D eigenvalue weighted by Crippen LogP contribution is -2.49. The van der Waals surface area contributed by atoms with Gasteiger partial charge >= 0.3 is 0 Å². The molecule has 0 saturated heterocycles. The monoisotopic (exact) mass is 521 g/mol. The number of amides is 2. The van der Waals surface area contributed by atoms with Crippen LogP contribution in [0.25, 0.3) is 0 Å². The van der Waals surface area contributed by atoms with Crippen LogP contribution in [0.4, 0.5) is 5.69 Å². The van der Waals surface area contributed by atoms with Crippen molar-refractivity contribution in [1.82, 2.24) is 10.2 Å². The number of anilines is 1. The molecule has 0 unspecified atom stereocenters. The van der Waals surface area contributed by atoms with E-state index < -0.39 is 16.1 Å². The van der Waals surface area contributed by atoms with Gasteiger partial charge in [-0.1, -0.05) is 54.4 Å². The highest BCUT2D eigenvalue weighted by atomic mass is 35.5. The smallest absolute Gasteiger partial charge is 0.242 e. The number of carbonyl (C=O) groups excluding carboxylic acids is 2. The number of carbonyl (C=O) groups is 2. The Hall–Kier alpha value is -2.58. The van der Waals surface area contributed by atoms with Gasteiger partial charge in [-0.3, -0.25) is 13.9 Å². The lowest BCUT2D eigenvalue weighted by Gasteiger charge is -2.30. The molecule has 9 heteroatoms. The highest BCUT2D eigenvalue weighted by molar-refractivity contribution is 7.92. The van der Waals surface area contributed by atoms with Crippen LogP contribution in [0.3, 0.4) is 0 Å². The maximum atomic E-state index is 13.3. The van der Waals surface area contributed by atoms with E-state index in [2.05, 4.69) is 5.32 Å². The van der Waals surface area contributed by atoms with Gasteiger partial charge in [0.1, 0.15) is 6.04 Å². The van der Waals surface area contributed by atoms with Crippen molar-refractivity contribution in [3.8, 4) is 0 Å². The number of halogens is 1. The van der Waals surface area contributed by atoms with Gasteiger partial charge in [-0.25, -0.2) is 8.42 Å². The molecule has 35 heavy (non-hydrogen) atoms. The summed E-state index contributed by atoms with van der Waals surface area (Å²) in [5.74, 6) is -0.480. The first kappa shape index (κ1) is 28.7. The number of benzene rings is 2. The van der Waals surface area contributed by atoms with Crippen molar-refractivity contribution in [2.45, 2.75) is 65.6 Å². The lowest BCUT2D eigenvalue weighted by molar-refractivity contribution is -0.140. The van der Waals surface area contributed by atoms with Crippen LogP contribution < -0.4 is 9.62 Å². The van der Waals surface area contributed by atoms with Gasteiger partial charge in [0.05, 0.1) is 11.9 Å². The van der Waals surface area contributed by atoms with E-state index in [-0.39, 0.29) is 37.4 Å². The van der Waals surface area contributed by atoms with E-state index in [0.717, 1.165) is 23.8 Å². The van der Waals surface area contributed by atoms with Crippen molar-refractivity contribution < 1.29 is 18.0 Å². The number of hydrogen-bond acceptors (Lipinski definition) is 4. The summed E-state index contributed by atoms with van der Waals surface area (Å²) in [6.07, 6.45) is 2.32. The Labute approximate surface area is 214 Å². The van der Waals surface area contributed by atoms with Gasteiger partial charge in [-0.2, -0.15) is 0 Å². The second kappa shape index (κ2) is 12.9. The minimum atomic E-state index is -3.52. The SMILES string of the molecule is CC[C@H](C)NC(=O)[C@H](C)N(Cc1ccccc1Cl)C(=O)CCCN(c1ccc(C)cc1)S(C)(=O)=O. The average molecular weight is 522 g/mol. The Morgan fingerprint density at radius 1 is 1.06 bits per heavy atom. The van der Waals surface area contributed by atoms with Crippen molar-refractivity contribution >= 4 is 39.1 Å². The quantitative estimate of drug-likeness (QED) is 0.444. The van der Waals surface area contributed by atoms with E-state index in [4.69, 9.17) is 11.6 Å². The molecule has 0 fully saturated rings. The Balaban J connectivity index is 2.18. The molecule has 0 saturated carbocycles. The summed E-state index contributed by atoms with van der Waals surface area (Å²) >= 11 is 6.33. The highest BCUT2D eigenvalue weighted by Gasteiger charge is 2.27. The first-order valence-electron chi connectivity index (χ1n) is 11.8. The van der Waals surface area contributed by atoms with Gasteiger partial charge in [0, 0.05) is 30.6 Å². The minimum Gasteiger partial charge on any atom is -0.352 e. The summed E-state index contributed by atoms with van der Waals surface area (Å²) in [7, 11) is -3.52. The fourth-order valence-corrected chi connectivity index (χ4v) is 4.73. The van der Waals surface area contributed by atoms with Crippen molar-refractivity contribution in [3.63, 3.8) is 0 Å². The van der Waals surface area contributed by atoms with Crippen LogP contribution in [0.5, 0.6) is 0 Å². The molecular weight excluding hydrogens is 486 g/mol. The molecule has 2 amide bonds.